The fourth-order valence-corrected chi connectivity index (χ4v) is 4.06. The number of carboxylic acids is 1. The van der Waals surface area contributed by atoms with Crippen LogP contribution in [0.4, 0.5) is 0 Å². The summed E-state index contributed by atoms with van der Waals surface area (Å²) in [6.07, 6.45) is 2.11. The summed E-state index contributed by atoms with van der Waals surface area (Å²) in [4.78, 5) is 41.7. The van der Waals surface area contributed by atoms with Gasteiger partial charge in [-0.2, -0.15) is 0 Å². The molecule has 0 spiro atoms. The molecule has 0 saturated heterocycles. The molecule has 0 aliphatic heterocycles. The van der Waals surface area contributed by atoms with E-state index in [0.29, 0.717) is 17.5 Å². The Hall–Kier alpha value is -3.80. The normalized spacial score (nSPS) is 13.5. The second-order valence-corrected chi connectivity index (χ2v) is 8.82. The lowest BCUT2D eigenvalue weighted by molar-refractivity contribution is -0.157. The molecule has 0 aliphatic carbocycles. The van der Waals surface area contributed by atoms with Crippen molar-refractivity contribution in [3.63, 3.8) is 0 Å². The summed E-state index contributed by atoms with van der Waals surface area (Å²) < 4.78 is 5.28. The average Bonchev–Trinajstić information content (AvgIpc) is 2.83. The van der Waals surface area contributed by atoms with Crippen molar-refractivity contribution in [3.8, 4) is 0 Å². The summed E-state index contributed by atoms with van der Waals surface area (Å²) in [7, 11) is 0. The number of hydrogen-bond acceptors (Lipinski definition) is 5. The van der Waals surface area contributed by atoms with Crippen molar-refractivity contribution in [2.24, 2.45) is 0 Å². The average molecular weight is 474 g/mol. The number of aliphatic carboxylic acids is 1. The summed E-state index contributed by atoms with van der Waals surface area (Å²) >= 11 is 0. The molecule has 6 heteroatoms. The molecule has 35 heavy (non-hydrogen) atoms. The van der Waals surface area contributed by atoms with Gasteiger partial charge in [0.15, 0.2) is 11.7 Å². The zero-order chi connectivity index (χ0) is 25.5. The summed E-state index contributed by atoms with van der Waals surface area (Å²) in [6, 6.07) is 18.3. The second-order valence-electron chi connectivity index (χ2n) is 8.82. The van der Waals surface area contributed by atoms with Gasteiger partial charge in [0.05, 0.1) is 6.10 Å². The van der Waals surface area contributed by atoms with Gasteiger partial charge in [0, 0.05) is 29.8 Å². The van der Waals surface area contributed by atoms with Gasteiger partial charge in [-0.3, -0.25) is 19.4 Å². The Labute approximate surface area is 206 Å². The molecule has 6 nitrogen and oxygen atoms in total. The Morgan fingerprint density at radius 1 is 0.971 bits per heavy atom. The van der Waals surface area contributed by atoms with E-state index in [4.69, 9.17) is 4.74 Å². The lowest BCUT2D eigenvalue weighted by Crippen LogP contribution is -2.26. The van der Waals surface area contributed by atoms with Crippen molar-refractivity contribution in [3.05, 3.63) is 100 Å². The van der Waals surface area contributed by atoms with Gasteiger partial charge in [-0.05, 0) is 61.6 Å². The zero-order valence-electron chi connectivity index (χ0n) is 20.5. The van der Waals surface area contributed by atoms with Crippen molar-refractivity contribution in [1.82, 2.24) is 4.98 Å². The number of carbonyl (C=O) groups is 3. The van der Waals surface area contributed by atoms with Crippen LogP contribution >= 0.6 is 0 Å². The molecule has 0 amide bonds. The zero-order valence-corrected chi connectivity index (χ0v) is 20.5. The highest BCUT2D eigenvalue weighted by Crippen LogP contribution is 2.33. The molecule has 1 N–H and O–H groups in total. The maximum atomic E-state index is 13.2. The first-order valence-electron chi connectivity index (χ1n) is 11.8. The Morgan fingerprint density at radius 3 is 2.23 bits per heavy atom. The van der Waals surface area contributed by atoms with E-state index in [1.807, 2.05) is 45.0 Å². The lowest BCUT2D eigenvalue weighted by Gasteiger charge is -2.21. The van der Waals surface area contributed by atoms with Crippen molar-refractivity contribution in [1.29, 1.82) is 0 Å². The van der Waals surface area contributed by atoms with Gasteiger partial charge >= 0.3 is 11.9 Å². The molecule has 0 bridgehead atoms. The minimum Gasteiger partial charge on any atom is -0.480 e. The molecular formula is C29H31NO5. The number of carboxylic acid groups (broad SMARTS) is 1. The van der Waals surface area contributed by atoms with E-state index in [1.54, 1.807) is 49.5 Å². The summed E-state index contributed by atoms with van der Waals surface area (Å²) in [5, 5.41) is 9.69. The second kappa shape index (κ2) is 11.6. The molecule has 1 aromatic heterocycles. The fourth-order valence-electron chi connectivity index (χ4n) is 4.06. The number of benzene rings is 2. The Bertz CT molecular complexity index is 1200. The fraction of sp³-hybridized carbons (Fsp3) is 0.310. The van der Waals surface area contributed by atoms with E-state index in [9.17, 15) is 19.5 Å². The van der Waals surface area contributed by atoms with Crippen molar-refractivity contribution < 1.29 is 24.2 Å². The van der Waals surface area contributed by atoms with Crippen LogP contribution in [0.5, 0.6) is 0 Å². The van der Waals surface area contributed by atoms with Crippen LogP contribution in [0.1, 0.15) is 76.8 Å². The molecule has 3 rings (SSSR count). The van der Waals surface area contributed by atoms with E-state index in [2.05, 4.69) is 4.98 Å². The van der Waals surface area contributed by atoms with Crippen LogP contribution in [0.3, 0.4) is 0 Å². The van der Waals surface area contributed by atoms with E-state index in [0.717, 1.165) is 22.4 Å². The van der Waals surface area contributed by atoms with E-state index in [1.165, 1.54) is 0 Å². The largest absolute Gasteiger partial charge is 0.480 e. The van der Waals surface area contributed by atoms with Gasteiger partial charge in [0.25, 0.3) is 0 Å². The predicted molar refractivity (Wildman–Crippen MR) is 134 cm³/mol. The minimum atomic E-state index is -1.41. The predicted octanol–water partition coefficient (Wildman–Crippen LogP) is 5.61. The maximum absolute atomic E-state index is 13.2. The number of carbonyl (C=O) groups excluding carboxylic acids is 2. The quantitative estimate of drug-likeness (QED) is 0.234. The van der Waals surface area contributed by atoms with E-state index < -0.39 is 17.9 Å². The molecule has 2 aromatic carbocycles. The number of ether oxygens (including phenoxy) is 1. The first-order chi connectivity index (χ1) is 16.7. The number of pyridine rings is 1. The van der Waals surface area contributed by atoms with Gasteiger partial charge in [-0.15, -0.1) is 0 Å². The highest BCUT2D eigenvalue weighted by atomic mass is 16.5. The third-order valence-corrected chi connectivity index (χ3v) is 6.22. The number of aromatic nitrogens is 1. The molecule has 0 fully saturated rings. The van der Waals surface area contributed by atoms with Gasteiger partial charge in [-0.1, -0.05) is 55.5 Å². The van der Waals surface area contributed by atoms with Crippen LogP contribution in [-0.2, 0) is 14.3 Å². The Balaban J connectivity index is 1.95. The number of ketones is 1. The highest BCUT2D eigenvalue weighted by molar-refractivity contribution is 6.00. The van der Waals surface area contributed by atoms with Gasteiger partial charge in [0.2, 0.25) is 0 Å². The van der Waals surface area contributed by atoms with Gasteiger partial charge in [0.1, 0.15) is 0 Å². The van der Waals surface area contributed by atoms with Gasteiger partial charge in [-0.25, -0.2) is 0 Å². The summed E-state index contributed by atoms with van der Waals surface area (Å²) in [5.74, 6) is -3.69. The molecule has 1 heterocycles. The first-order valence-corrected chi connectivity index (χ1v) is 11.8. The summed E-state index contributed by atoms with van der Waals surface area (Å²) in [5.41, 5.74) is 4.66. The third-order valence-electron chi connectivity index (χ3n) is 6.22. The summed E-state index contributed by atoms with van der Waals surface area (Å²) in [6.45, 7) is 7.44. The maximum Gasteiger partial charge on any atom is 0.325 e. The highest BCUT2D eigenvalue weighted by Gasteiger charge is 2.31. The van der Waals surface area contributed by atoms with Crippen molar-refractivity contribution >= 4 is 17.7 Å². The molecule has 3 atom stereocenters. The van der Waals surface area contributed by atoms with Crippen LogP contribution in [0.15, 0.2) is 66.9 Å². The van der Waals surface area contributed by atoms with Crippen LogP contribution < -0.4 is 0 Å². The van der Waals surface area contributed by atoms with Crippen molar-refractivity contribution in [2.45, 2.75) is 58.5 Å². The number of nitrogens with zero attached hydrogens (tertiary/aromatic N) is 1. The molecule has 2 unspecified atom stereocenters. The molecule has 0 saturated carbocycles. The Morgan fingerprint density at radius 2 is 1.63 bits per heavy atom. The van der Waals surface area contributed by atoms with Gasteiger partial charge < -0.3 is 9.84 Å². The molecule has 0 aliphatic rings. The third kappa shape index (κ3) is 6.41. The number of Topliss-reactive ketones (excluding diaryl/α,β-unsaturated/α-hetero) is 1. The smallest absolute Gasteiger partial charge is 0.325 e. The monoisotopic (exact) mass is 473 g/mol. The topological polar surface area (TPSA) is 93.6 Å². The molecule has 182 valence electrons. The number of hydrogen-bond donors (Lipinski definition) is 1. The first kappa shape index (κ1) is 25.8. The van der Waals surface area contributed by atoms with Crippen LogP contribution in [0.2, 0.25) is 0 Å². The SMILES string of the molecule is CCC(C)OC(=O)C(C(=O)O)c1ccc([C@H](CC(=O)c2ccnc(C)c2)c2ccccc2C)cc1. The van der Waals surface area contributed by atoms with E-state index in [-0.39, 0.29) is 24.2 Å². The molecular weight excluding hydrogens is 442 g/mol. The number of rotatable bonds is 10. The van der Waals surface area contributed by atoms with Crippen LogP contribution in [0, 0.1) is 13.8 Å². The molecule has 3 aromatic rings. The lowest BCUT2D eigenvalue weighted by atomic mass is 9.83. The Kier molecular flexibility index (Phi) is 8.53. The standard InChI is InChI=1S/C29H31NO5/c1-5-20(4)35-29(34)27(28(32)33)22-12-10-21(11-13-22)25(24-9-7-6-8-18(24)2)17-26(31)23-14-15-30-19(3)16-23/h6-16,20,25,27H,5,17H2,1-4H3,(H,32,33)/t20?,25-,27?/m0/s1. The van der Waals surface area contributed by atoms with Crippen LogP contribution in [-0.4, -0.2) is 33.9 Å². The molecule has 0 radical (unpaired) electrons. The number of aryl methyl sites for hydroxylation is 2. The van der Waals surface area contributed by atoms with Crippen LogP contribution in [0.25, 0.3) is 0 Å². The number of esters is 1. The van der Waals surface area contributed by atoms with Crippen molar-refractivity contribution in [2.75, 3.05) is 0 Å². The van der Waals surface area contributed by atoms with E-state index >= 15 is 0 Å². The minimum absolute atomic E-state index is 0.00614.